The molecule has 1 aliphatic carbocycles. The summed E-state index contributed by atoms with van der Waals surface area (Å²) in [5.74, 6) is 0. The molecule has 0 bridgehead atoms. The standard InChI is InChI=1S/C12H21N3O/c1-8-10(9(2)15(3)14-8)7-13-11-5-4-6-12(11)16/h11-13,16H,4-7H2,1-3H3. The fourth-order valence-electron chi connectivity index (χ4n) is 2.49. The molecule has 1 aromatic rings. The van der Waals surface area contributed by atoms with Crippen LogP contribution >= 0.6 is 0 Å². The van der Waals surface area contributed by atoms with E-state index in [1.807, 2.05) is 18.7 Å². The SMILES string of the molecule is Cc1nn(C)c(C)c1CNC1CCCC1O. The van der Waals surface area contributed by atoms with Crippen molar-refractivity contribution >= 4 is 0 Å². The van der Waals surface area contributed by atoms with Gasteiger partial charge in [-0.05, 0) is 33.1 Å². The third-order valence-corrected chi connectivity index (χ3v) is 3.68. The minimum atomic E-state index is -0.169. The van der Waals surface area contributed by atoms with Crippen molar-refractivity contribution in [1.82, 2.24) is 15.1 Å². The first-order valence-corrected chi connectivity index (χ1v) is 6.00. The Morgan fingerprint density at radius 2 is 2.19 bits per heavy atom. The highest BCUT2D eigenvalue weighted by atomic mass is 16.3. The Morgan fingerprint density at radius 1 is 1.44 bits per heavy atom. The van der Waals surface area contributed by atoms with E-state index in [2.05, 4.69) is 17.3 Å². The van der Waals surface area contributed by atoms with Crippen LogP contribution in [0.4, 0.5) is 0 Å². The van der Waals surface area contributed by atoms with E-state index in [1.54, 1.807) is 0 Å². The average Bonchev–Trinajstić information content (AvgIpc) is 2.72. The average molecular weight is 223 g/mol. The number of aliphatic hydroxyl groups excluding tert-OH is 1. The lowest BCUT2D eigenvalue weighted by Gasteiger charge is -2.16. The zero-order chi connectivity index (χ0) is 11.7. The first-order chi connectivity index (χ1) is 7.59. The molecular weight excluding hydrogens is 202 g/mol. The minimum Gasteiger partial charge on any atom is -0.392 e. The van der Waals surface area contributed by atoms with Crippen molar-refractivity contribution in [3.8, 4) is 0 Å². The molecule has 1 fully saturated rings. The summed E-state index contributed by atoms with van der Waals surface area (Å²) < 4.78 is 1.91. The number of aliphatic hydroxyl groups is 1. The van der Waals surface area contributed by atoms with Crippen LogP contribution in [0.2, 0.25) is 0 Å². The highest BCUT2D eigenvalue weighted by Crippen LogP contribution is 2.20. The zero-order valence-electron chi connectivity index (χ0n) is 10.3. The number of aromatic nitrogens is 2. The third-order valence-electron chi connectivity index (χ3n) is 3.68. The summed E-state index contributed by atoms with van der Waals surface area (Å²) in [6.07, 6.45) is 2.98. The van der Waals surface area contributed by atoms with Crippen LogP contribution in [-0.2, 0) is 13.6 Å². The van der Waals surface area contributed by atoms with Crippen LogP contribution in [0.1, 0.15) is 36.2 Å². The predicted molar refractivity (Wildman–Crippen MR) is 63.2 cm³/mol. The van der Waals surface area contributed by atoms with Crippen molar-refractivity contribution in [2.24, 2.45) is 7.05 Å². The van der Waals surface area contributed by atoms with Crippen LogP contribution in [0.5, 0.6) is 0 Å². The highest BCUT2D eigenvalue weighted by Gasteiger charge is 2.24. The fourth-order valence-corrected chi connectivity index (χ4v) is 2.49. The van der Waals surface area contributed by atoms with Gasteiger partial charge in [0.05, 0.1) is 11.8 Å². The van der Waals surface area contributed by atoms with Crippen LogP contribution in [-0.4, -0.2) is 27.0 Å². The summed E-state index contributed by atoms with van der Waals surface area (Å²) in [6, 6.07) is 0.263. The van der Waals surface area contributed by atoms with Crippen LogP contribution in [0.15, 0.2) is 0 Å². The van der Waals surface area contributed by atoms with Gasteiger partial charge in [-0.25, -0.2) is 0 Å². The van der Waals surface area contributed by atoms with Gasteiger partial charge in [-0.15, -0.1) is 0 Å². The number of rotatable bonds is 3. The van der Waals surface area contributed by atoms with Crippen LogP contribution in [0.25, 0.3) is 0 Å². The minimum absolute atomic E-state index is 0.169. The maximum Gasteiger partial charge on any atom is 0.0693 e. The van der Waals surface area contributed by atoms with E-state index in [9.17, 15) is 5.11 Å². The molecule has 2 rings (SSSR count). The summed E-state index contributed by atoms with van der Waals surface area (Å²) in [6.45, 7) is 4.93. The van der Waals surface area contributed by atoms with Crippen molar-refractivity contribution in [2.75, 3.05) is 0 Å². The first-order valence-electron chi connectivity index (χ1n) is 6.00. The summed E-state index contributed by atoms with van der Waals surface area (Å²) in [7, 11) is 1.97. The molecule has 2 N–H and O–H groups in total. The quantitative estimate of drug-likeness (QED) is 0.805. The summed E-state index contributed by atoms with van der Waals surface area (Å²) in [5, 5.41) is 17.6. The van der Waals surface area contributed by atoms with Crippen LogP contribution < -0.4 is 5.32 Å². The second kappa shape index (κ2) is 4.55. The maximum absolute atomic E-state index is 9.73. The van der Waals surface area contributed by atoms with Gasteiger partial charge in [0.15, 0.2) is 0 Å². The lowest BCUT2D eigenvalue weighted by atomic mass is 10.1. The normalized spacial score (nSPS) is 25.2. The zero-order valence-corrected chi connectivity index (χ0v) is 10.3. The molecule has 4 heteroatoms. The number of nitrogens with zero attached hydrogens (tertiary/aromatic N) is 2. The lowest BCUT2D eigenvalue weighted by Crippen LogP contribution is -2.35. The predicted octanol–water partition coefficient (Wildman–Crippen LogP) is 1.04. The molecule has 1 aromatic heterocycles. The second-order valence-electron chi connectivity index (χ2n) is 4.76. The van der Waals surface area contributed by atoms with Crippen molar-refractivity contribution in [2.45, 2.75) is 51.8 Å². The lowest BCUT2D eigenvalue weighted by molar-refractivity contribution is 0.148. The Balaban J connectivity index is 1.99. The van der Waals surface area contributed by atoms with Gasteiger partial charge in [-0.2, -0.15) is 5.10 Å². The molecule has 0 aliphatic heterocycles. The molecule has 0 saturated heterocycles. The maximum atomic E-state index is 9.73. The smallest absolute Gasteiger partial charge is 0.0693 e. The molecule has 1 saturated carbocycles. The Bertz CT molecular complexity index is 373. The van der Waals surface area contributed by atoms with Gasteiger partial charge in [0.1, 0.15) is 0 Å². The molecule has 0 aromatic carbocycles. The van der Waals surface area contributed by atoms with Gasteiger partial charge < -0.3 is 10.4 Å². The van der Waals surface area contributed by atoms with E-state index < -0.39 is 0 Å². The van der Waals surface area contributed by atoms with Crippen LogP contribution in [0.3, 0.4) is 0 Å². The molecule has 0 radical (unpaired) electrons. The molecule has 90 valence electrons. The van der Waals surface area contributed by atoms with Crippen molar-refractivity contribution in [1.29, 1.82) is 0 Å². The topological polar surface area (TPSA) is 50.1 Å². The monoisotopic (exact) mass is 223 g/mol. The molecule has 0 amide bonds. The Kier molecular flexibility index (Phi) is 3.30. The number of nitrogens with one attached hydrogen (secondary N) is 1. The number of hydrogen-bond acceptors (Lipinski definition) is 3. The van der Waals surface area contributed by atoms with E-state index in [0.717, 1.165) is 31.5 Å². The Morgan fingerprint density at radius 3 is 2.69 bits per heavy atom. The Hall–Kier alpha value is -0.870. The number of hydrogen-bond donors (Lipinski definition) is 2. The van der Waals surface area contributed by atoms with Gasteiger partial charge >= 0.3 is 0 Å². The number of aryl methyl sites for hydroxylation is 2. The molecule has 2 atom stereocenters. The van der Waals surface area contributed by atoms with Gasteiger partial charge in [-0.3, -0.25) is 4.68 Å². The summed E-state index contributed by atoms with van der Waals surface area (Å²) >= 11 is 0. The first kappa shape index (κ1) is 11.6. The molecule has 1 heterocycles. The van der Waals surface area contributed by atoms with Crippen LogP contribution in [0, 0.1) is 13.8 Å². The van der Waals surface area contributed by atoms with E-state index >= 15 is 0 Å². The molecular formula is C12H21N3O. The van der Waals surface area contributed by atoms with E-state index in [4.69, 9.17) is 0 Å². The molecule has 0 spiro atoms. The molecule has 4 nitrogen and oxygen atoms in total. The third kappa shape index (κ3) is 2.13. The summed E-state index contributed by atoms with van der Waals surface area (Å²) in [5.41, 5.74) is 3.55. The largest absolute Gasteiger partial charge is 0.392 e. The summed E-state index contributed by atoms with van der Waals surface area (Å²) in [4.78, 5) is 0. The molecule has 16 heavy (non-hydrogen) atoms. The van der Waals surface area contributed by atoms with E-state index in [0.29, 0.717) is 0 Å². The van der Waals surface area contributed by atoms with Crippen molar-refractivity contribution < 1.29 is 5.11 Å². The highest BCUT2D eigenvalue weighted by molar-refractivity contribution is 5.24. The van der Waals surface area contributed by atoms with Gasteiger partial charge in [0.25, 0.3) is 0 Å². The van der Waals surface area contributed by atoms with Gasteiger partial charge in [0, 0.05) is 30.9 Å². The molecule has 2 unspecified atom stereocenters. The van der Waals surface area contributed by atoms with E-state index in [-0.39, 0.29) is 12.1 Å². The second-order valence-corrected chi connectivity index (χ2v) is 4.76. The van der Waals surface area contributed by atoms with Gasteiger partial charge in [-0.1, -0.05) is 0 Å². The van der Waals surface area contributed by atoms with E-state index in [1.165, 1.54) is 11.3 Å². The Labute approximate surface area is 96.7 Å². The van der Waals surface area contributed by atoms with Crippen molar-refractivity contribution in [3.63, 3.8) is 0 Å². The fraction of sp³-hybridized carbons (Fsp3) is 0.750. The van der Waals surface area contributed by atoms with Gasteiger partial charge in [0.2, 0.25) is 0 Å². The van der Waals surface area contributed by atoms with Crippen molar-refractivity contribution in [3.05, 3.63) is 17.0 Å². The molecule has 1 aliphatic rings.